The summed E-state index contributed by atoms with van der Waals surface area (Å²) in [5.41, 5.74) is 0. The van der Waals surface area contributed by atoms with Gasteiger partial charge in [-0.25, -0.2) is 0 Å². The number of unbranched alkanes of at least 4 members (excludes halogenated alkanes) is 4. The Morgan fingerprint density at radius 3 is 2.33 bits per heavy atom. The summed E-state index contributed by atoms with van der Waals surface area (Å²) in [4.78, 5) is 22.0. The van der Waals surface area contributed by atoms with Crippen molar-refractivity contribution in [1.29, 1.82) is 0 Å². The van der Waals surface area contributed by atoms with E-state index in [1.54, 1.807) is 0 Å². The Morgan fingerprint density at radius 2 is 1.83 bits per heavy atom. The molecule has 106 valence electrons. The molecule has 0 aromatic heterocycles. The lowest BCUT2D eigenvalue weighted by atomic mass is 10.0. The Bertz CT molecular complexity index is 254. The SMILES string of the molecule is CCCCCCCC(CC=O)NC(=O)C(Cl)(Cl)Cl. The van der Waals surface area contributed by atoms with Crippen LogP contribution in [-0.4, -0.2) is 22.0 Å². The largest absolute Gasteiger partial charge is 0.349 e. The summed E-state index contributed by atoms with van der Waals surface area (Å²) < 4.78 is -1.97. The van der Waals surface area contributed by atoms with Crippen molar-refractivity contribution >= 4 is 47.0 Å². The van der Waals surface area contributed by atoms with Crippen LogP contribution in [0, 0.1) is 0 Å². The van der Waals surface area contributed by atoms with Crippen molar-refractivity contribution in [1.82, 2.24) is 5.32 Å². The molecule has 0 fully saturated rings. The van der Waals surface area contributed by atoms with E-state index in [1.807, 2.05) is 0 Å². The maximum atomic E-state index is 11.5. The summed E-state index contributed by atoms with van der Waals surface area (Å²) in [6.45, 7) is 2.15. The van der Waals surface area contributed by atoms with Crippen LogP contribution in [0.5, 0.6) is 0 Å². The molecular formula is C12H20Cl3NO2. The Labute approximate surface area is 124 Å². The zero-order chi connectivity index (χ0) is 14.0. The van der Waals surface area contributed by atoms with Crippen LogP contribution in [0.4, 0.5) is 0 Å². The van der Waals surface area contributed by atoms with Gasteiger partial charge in [0.15, 0.2) is 0 Å². The predicted octanol–water partition coefficient (Wildman–Crippen LogP) is 3.79. The fraction of sp³-hybridized carbons (Fsp3) is 0.833. The highest BCUT2D eigenvalue weighted by molar-refractivity contribution is 6.76. The Kier molecular flexibility index (Phi) is 9.88. The molecule has 6 heteroatoms. The molecule has 0 bridgehead atoms. The molecule has 0 saturated carbocycles. The number of rotatable bonds is 9. The third-order valence-electron chi connectivity index (χ3n) is 2.63. The van der Waals surface area contributed by atoms with Gasteiger partial charge in [0.25, 0.3) is 9.70 Å². The number of carbonyl (C=O) groups excluding carboxylic acids is 2. The third-order valence-corrected chi connectivity index (χ3v) is 3.14. The molecule has 0 radical (unpaired) electrons. The summed E-state index contributed by atoms with van der Waals surface area (Å²) in [5, 5.41) is 2.58. The van der Waals surface area contributed by atoms with Crippen LogP contribution in [0.2, 0.25) is 0 Å². The van der Waals surface area contributed by atoms with Gasteiger partial charge >= 0.3 is 0 Å². The highest BCUT2D eigenvalue weighted by Crippen LogP contribution is 2.26. The van der Waals surface area contributed by atoms with Crippen molar-refractivity contribution < 1.29 is 9.59 Å². The number of nitrogens with one attached hydrogen (secondary N) is 1. The Morgan fingerprint density at radius 1 is 1.22 bits per heavy atom. The molecular weight excluding hydrogens is 296 g/mol. The van der Waals surface area contributed by atoms with Gasteiger partial charge in [0.05, 0.1) is 0 Å². The first-order valence-corrected chi connectivity index (χ1v) is 7.36. The summed E-state index contributed by atoms with van der Waals surface area (Å²) in [6.07, 6.45) is 7.36. The topological polar surface area (TPSA) is 46.2 Å². The minimum atomic E-state index is -1.97. The molecule has 0 aliphatic heterocycles. The van der Waals surface area contributed by atoms with Crippen molar-refractivity contribution in [2.45, 2.75) is 61.7 Å². The number of amides is 1. The molecule has 0 aliphatic rings. The predicted molar refractivity (Wildman–Crippen MR) is 76.3 cm³/mol. The molecule has 0 spiro atoms. The molecule has 0 aliphatic carbocycles. The van der Waals surface area contributed by atoms with Crippen molar-refractivity contribution in [3.63, 3.8) is 0 Å². The molecule has 0 rings (SSSR count). The van der Waals surface area contributed by atoms with E-state index in [1.165, 1.54) is 19.3 Å². The van der Waals surface area contributed by atoms with Crippen LogP contribution in [0.3, 0.4) is 0 Å². The number of halogens is 3. The van der Waals surface area contributed by atoms with E-state index in [0.29, 0.717) is 0 Å². The first-order chi connectivity index (χ1) is 8.41. The highest BCUT2D eigenvalue weighted by Gasteiger charge is 2.31. The summed E-state index contributed by atoms with van der Waals surface area (Å²) in [6, 6.07) is -0.243. The van der Waals surface area contributed by atoms with Crippen LogP contribution in [0.15, 0.2) is 0 Å². The fourth-order valence-electron chi connectivity index (χ4n) is 1.63. The zero-order valence-corrected chi connectivity index (χ0v) is 12.8. The summed E-state index contributed by atoms with van der Waals surface area (Å²) >= 11 is 16.4. The van der Waals surface area contributed by atoms with Crippen molar-refractivity contribution in [2.24, 2.45) is 0 Å². The quantitative estimate of drug-likeness (QED) is 0.399. The van der Waals surface area contributed by atoms with Gasteiger partial charge < -0.3 is 10.1 Å². The van der Waals surface area contributed by atoms with Crippen molar-refractivity contribution in [3.8, 4) is 0 Å². The molecule has 3 nitrogen and oxygen atoms in total. The second-order valence-corrected chi connectivity index (χ2v) is 6.55. The number of aldehydes is 1. The van der Waals surface area contributed by atoms with Crippen LogP contribution in [-0.2, 0) is 9.59 Å². The summed E-state index contributed by atoms with van der Waals surface area (Å²) in [7, 11) is 0. The average Bonchev–Trinajstić information content (AvgIpc) is 2.27. The van der Waals surface area contributed by atoms with Gasteiger partial charge in [-0.05, 0) is 6.42 Å². The monoisotopic (exact) mass is 315 g/mol. The van der Waals surface area contributed by atoms with Gasteiger partial charge in [-0.1, -0.05) is 73.8 Å². The van der Waals surface area contributed by atoms with Gasteiger partial charge in [-0.2, -0.15) is 0 Å². The molecule has 0 saturated heterocycles. The smallest absolute Gasteiger partial charge is 0.272 e. The molecule has 0 aromatic rings. The molecule has 1 atom stereocenters. The molecule has 1 amide bonds. The van der Waals surface area contributed by atoms with E-state index < -0.39 is 9.70 Å². The maximum Gasteiger partial charge on any atom is 0.272 e. The Balaban J connectivity index is 3.99. The van der Waals surface area contributed by atoms with Gasteiger partial charge in [0, 0.05) is 12.5 Å². The van der Waals surface area contributed by atoms with Gasteiger partial charge in [-0.3, -0.25) is 4.79 Å². The van der Waals surface area contributed by atoms with E-state index in [9.17, 15) is 9.59 Å². The Hall–Kier alpha value is 0.01000. The van der Waals surface area contributed by atoms with Crippen molar-refractivity contribution in [2.75, 3.05) is 0 Å². The fourth-order valence-corrected chi connectivity index (χ4v) is 1.79. The van der Waals surface area contributed by atoms with Gasteiger partial charge in [-0.15, -0.1) is 0 Å². The minimum Gasteiger partial charge on any atom is -0.349 e. The van der Waals surface area contributed by atoms with Crippen LogP contribution in [0.25, 0.3) is 0 Å². The lowest BCUT2D eigenvalue weighted by Crippen LogP contribution is -2.41. The maximum absolute atomic E-state index is 11.5. The highest BCUT2D eigenvalue weighted by atomic mass is 35.6. The molecule has 1 unspecified atom stereocenters. The number of alkyl halides is 3. The van der Waals surface area contributed by atoms with Crippen LogP contribution in [0.1, 0.15) is 51.9 Å². The molecule has 1 N–H and O–H groups in total. The zero-order valence-electron chi connectivity index (χ0n) is 10.6. The molecule has 18 heavy (non-hydrogen) atoms. The van der Waals surface area contributed by atoms with E-state index >= 15 is 0 Å². The van der Waals surface area contributed by atoms with E-state index in [0.717, 1.165) is 25.5 Å². The lowest BCUT2D eigenvalue weighted by Gasteiger charge is -2.19. The second kappa shape index (κ2) is 9.88. The first kappa shape index (κ1) is 18.0. The van der Waals surface area contributed by atoms with Crippen LogP contribution >= 0.6 is 34.8 Å². The standard InChI is InChI=1S/C12H20Cl3NO2/c1-2-3-4-5-6-7-10(8-9-17)16-11(18)12(13,14)15/h9-10H,2-8H2,1H3,(H,16,18). The lowest BCUT2D eigenvalue weighted by molar-refractivity contribution is -0.121. The minimum absolute atomic E-state index is 0.243. The normalized spacial score (nSPS) is 13.1. The van der Waals surface area contributed by atoms with Gasteiger partial charge in [0.1, 0.15) is 6.29 Å². The average molecular weight is 317 g/mol. The van der Waals surface area contributed by atoms with E-state index in [2.05, 4.69) is 12.2 Å². The third kappa shape index (κ3) is 9.01. The summed E-state index contributed by atoms with van der Waals surface area (Å²) in [5.74, 6) is -0.673. The first-order valence-electron chi connectivity index (χ1n) is 6.23. The number of carbonyl (C=O) groups is 2. The molecule has 0 aromatic carbocycles. The van der Waals surface area contributed by atoms with Gasteiger partial charge in [0.2, 0.25) is 0 Å². The number of hydrogen-bond donors (Lipinski definition) is 1. The van der Waals surface area contributed by atoms with E-state index in [4.69, 9.17) is 34.8 Å². The second-order valence-electron chi connectivity index (χ2n) is 4.27. The van der Waals surface area contributed by atoms with Crippen molar-refractivity contribution in [3.05, 3.63) is 0 Å². The number of hydrogen-bond acceptors (Lipinski definition) is 2. The van der Waals surface area contributed by atoms with E-state index in [-0.39, 0.29) is 12.5 Å². The van der Waals surface area contributed by atoms with Crippen LogP contribution < -0.4 is 5.32 Å². The molecule has 0 heterocycles.